The Morgan fingerprint density at radius 1 is 0.283 bits per heavy atom. The van der Waals surface area contributed by atoms with E-state index in [4.69, 9.17) is 0 Å². The number of anilines is 3. The molecular weight excluding hydrogens is 723 g/mol. The molecule has 11 rings (SSSR count). The van der Waals surface area contributed by atoms with Crippen molar-refractivity contribution >= 4 is 38.6 Å². The van der Waals surface area contributed by atoms with E-state index in [1.165, 1.54) is 88.3 Å². The van der Waals surface area contributed by atoms with Gasteiger partial charge in [0.2, 0.25) is 0 Å². The molecule has 0 atom stereocenters. The van der Waals surface area contributed by atoms with Crippen LogP contribution in [-0.2, 0) is 5.41 Å². The molecule has 0 heterocycles. The molecule has 0 saturated heterocycles. The summed E-state index contributed by atoms with van der Waals surface area (Å²) in [6.07, 6.45) is 0. The fourth-order valence-electron chi connectivity index (χ4n) is 9.45. The molecule has 0 aliphatic heterocycles. The molecule has 0 amide bonds. The molecule has 0 N–H and O–H groups in total. The minimum atomic E-state index is -0.0587. The minimum absolute atomic E-state index is 0.0587. The van der Waals surface area contributed by atoms with Crippen molar-refractivity contribution < 1.29 is 0 Å². The molecule has 1 heteroatoms. The number of benzene rings is 10. The summed E-state index contributed by atoms with van der Waals surface area (Å²) in [5.74, 6) is 0. The monoisotopic (exact) mass is 765 g/mol. The predicted octanol–water partition coefficient (Wildman–Crippen LogP) is 16.4. The molecule has 1 nitrogen and oxygen atoms in total. The number of nitrogens with zero attached hydrogens (tertiary/aromatic N) is 1. The molecule has 0 bridgehead atoms. The van der Waals surface area contributed by atoms with Gasteiger partial charge in [-0.05, 0) is 137 Å². The third-order valence-electron chi connectivity index (χ3n) is 12.7. The Labute approximate surface area is 352 Å². The quantitative estimate of drug-likeness (QED) is 0.156. The average Bonchev–Trinajstić information content (AvgIpc) is 3.55. The molecule has 0 radical (unpaired) electrons. The van der Waals surface area contributed by atoms with Gasteiger partial charge in [0, 0.05) is 22.5 Å². The standard InChI is InChI=1S/C59H43N/c1-59(2)56-19-8-7-17-55(56)58-54(18-10-20-57(58)59)50-15-9-16-53(39-50)60(52-35-31-45(32-36-52)49-28-26-41-12-4-6-14-47(41)38-49)51-33-29-43(30-34-51)42-21-23-44(24-22-42)48-27-25-40-11-3-5-13-46(40)37-48/h3-39H,1-2H3. The zero-order valence-corrected chi connectivity index (χ0v) is 33.8. The first-order valence-electron chi connectivity index (χ1n) is 20.9. The molecule has 0 saturated carbocycles. The van der Waals surface area contributed by atoms with Gasteiger partial charge in [0.1, 0.15) is 0 Å². The second kappa shape index (κ2) is 14.4. The Morgan fingerprint density at radius 3 is 1.30 bits per heavy atom. The molecule has 0 unspecified atom stereocenters. The molecule has 10 aromatic carbocycles. The first-order valence-corrected chi connectivity index (χ1v) is 20.9. The molecule has 10 aromatic rings. The second-order valence-corrected chi connectivity index (χ2v) is 16.6. The van der Waals surface area contributed by atoms with Gasteiger partial charge in [-0.2, -0.15) is 0 Å². The fraction of sp³-hybridized carbons (Fsp3) is 0.0508. The van der Waals surface area contributed by atoms with E-state index < -0.39 is 0 Å². The van der Waals surface area contributed by atoms with Crippen molar-refractivity contribution in [3.63, 3.8) is 0 Å². The van der Waals surface area contributed by atoms with Crippen molar-refractivity contribution in [1.82, 2.24) is 0 Å². The van der Waals surface area contributed by atoms with E-state index in [1.54, 1.807) is 0 Å². The molecule has 0 fully saturated rings. The summed E-state index contributed by atoms with van der Waals surface area (Å²) in [7, 11) is 0. The van der Waals surface area contributed by atoms with Gasteiger partial charge in [0.25, 0.3) is 0 Å². The van der Waals surface area contributed by atoms with Gasteiger partial charge in [-0.15, -0.1) is 0 Å². The van der Waals surface area contributed by atoms with Crippen LogP contribution in [0.25, 0.3) is 77.2 Å². The zero-order chi connectivity index (χ0) is 40.2. The van der Waals surface area contributed by atoms with Gasteiger partial charge in [-0.1, -0.05) is 190 Å². The van der Waals surface area contributed by atoms with Crippen LogP contribution in [0.5, 0.6) is 0 Å². The van der Waals surface area contributed by atoms with E-state index >= 15 is 0 Å². The third-order valence-corrected chi connectivity index (χ3v) is 12.7. The van der Waals surface area contributed by atoms with Crippen molar-refractivity contribution in [1.29, 1.82) is 0 Å². The third kappa shape index (κ3) is 6.19. The molecular formula is C59H43N. The lowest BCUT2D eigenvalue weighted by atomic mass is 9.82. The smallest absolute Gasteiger partial charge is 0.0467 e. The van der Waals surface area contributed by atoms with Crippen molar-refractivity contribution in [2.24, 2.45) is 0 Å². The summed E-state index contributed by atoms with van der Waals surface area (Å²) in [6.45, 7) is 4.70. The van der Waals surface area contributed by atoms with Crippen LogP contribution in [0.2, 0.25) is 0 Å². The predicted molar refractivity (Wildman–Crippen MR) is 255 cm³/mol. The highest BCUT2D eigenvalue weighted by Crippen LogP contribution is 2.52. The zero-order valence-electron chi connectivity index (χ0n) is 33.8. The van der Waals surface area contributed by atoms with Gasteiger partial charge in [-0.3, -0.25) is 0 Å². The Morgan fingerprint density at radius 2 is 0.717 bits per heavy atom. The number of fused-ring (bicyclic) bond motifs is 5. The fourth-order valence-corrected chi connectivity index (χ4v) is 9.45. The molecule has 1 aliphatic carbocycles. The van der Waals surface area contributed by atoms with E-state index in [1.807, 2.05) is 0 Å². The number of hydrogen-bond acceptors (Lipinski definition) is 1. The van der Waals surface area contributed by atoms with E-state index in [2.05, 4.69) is 243 Å². The van der Waals surface area contributed by atoms with E-state index in [0.29, 0.717) is 0 Å². The second-order valence-electron chi connectivity index (χ2n) is 16.6. The van der Waals surface area contributed by atoms with Gasteiger partial charge >= 0.3 is 0 Å². The number of hydrogen-bond donors (Lipinski definition) is 0. The van der Waals surface area contributed by atoms with Crippen LogP contribution in [0.4, 0.5) is 17.1 Å². The molecule has 0 aromatic heterocycles. The molecule has 284 valence electrons. The molecule has 0 spiro atoms. The highest BCUT2D eigenvalue weighted by atomic mass is 15.1. The van der Waals surface area contributed by atoms with Crippen LogP contribution >= 0.6 is 0 Å². The summed E-state index contributed by atoms with van der Waals surface area (Å²) in [5.41, 5.74) is 18.4. The summed E-state index contributed by atoms with van der Waals surface area (Å²) in [4.78, 5) is 2.39. The van der Waals surface area contributed by atoms with Crippen molar-refractivity contribution in [2.45, 2.75) is 19.3 Å². The van der Waals surface area contributed by atoms with Gasteiger partial charge in [0.15, 0.2) is 0 Å². The topological polar surface area (TPSA) is 3.24 Å². The SMILES string of the molecule is CC1(C)c2ccccc2-c2c(-c3cccc(N(c4ccc(-c5ccc(-c6ccc7ccccc7c6)cc5)cc4)c4ccc(-c5ccc6ccccc6c5)cc4)c3)cccc21. The largest absolute Gasteiger partial charge is 0.310 e. The minimum Gasteiger partial charge on any atom is -0.310 e. The first kappa shape index (κ1) is 35.7. The summed E-state index contributed by atoms with van der Waals surface area (Å²) in [6, 6.07) is 82.4. The van der Waals surface area contributed by atoms with Crippen molar-refractivity contribution in [3.05, 3.63) is 236 Å². The summed E-state index contributed by atoms with van der Waals surface area (Å²) < 4.78 is 0. The van der Waals surface area contributed by atoms with Crippen LogP contribution in [0, 0.1) is 0 Å². The van der Waals surface area contributed by atoms with Crippen LogP contribution in [0.1, 0.15) is 25.0 Å². The summed E-state index contributed by atoms with van der Waals surface area (Å²) >= 11 is 0. The number of rotatable bonds is 7. The van der Waals surface area contributed by atoms with Crippen molar-refractivity contribution in [3.8, 4) is 55.6 Å². The van der Waals surface area contributed by atoms with Crippen LogP contribution in [-0.4, -0.2) is 0 Å². The van der Waals surface area contributed by atoms with Gasteiger partial charge in [0.05, 0.1) is 0 Å². The Hall–Kier alpha value is -7.48. The maximum absolute atomic E-state index is 2.39. The first-order chi connectivity index (χ1) is 29.5. The Bertz CT molecular complexity index is 3210. The van der Waals surface area contributed by atoms with E-state index in [-0.39, 0.29) is 5.41 Å². The van der Waals surface area contributed by atoms with Crippen LogP contribution < -0.4 is 4.90 Å². The Balaban J connectivity index is 0.972. The lowest BCUT2D eigenvalue weighted by Gasteiger charge is -2.27. The lowest BCUT2D eigenvalue weighted by molar-refractivity contribution is 0.660. The van der Waals surface area contributed by atoms with E-state index in [9.17, 15) is 0 Å². The normalized spacial score (nSPS) is 12.6. The Kier molecular flexibility index (Phi) is 8.57. The average molecular weight is 766 g/mol. The molecule has 60 heavy (non-hydrogen) atoms. The maximum atomic E-state index is 2.39. The van der Waals surface area contributed by atoms with Crippen LogP contribution in [0.3, 0.4) is 0 Å². The lowest BCUT2D eigenvalue weighted by Crippen LogP contribution is -2.14. The maximum Gasteiger partial charge on any atom is 0.0467 e. The van der Waals surface area contributed by atoms with E-state index in [0.717, 1.165) is 17.1 Å². The molecule has 1 aliphatic rings. The van der Waals surface area contributed by atoms with Crippen molar-refractivity contribution in [2.75, 3.05) is 4.90 Å². The highest BCUT2D eigenvalue weighted by molar-refractivity contribution is 5.94. The van der Waals surface area contributed by atoms with Crippen LogP contribution in [0.15, 0.2) is 224 Å². The van der Waals surface area contributed by atoms with Gasteiger partial charge < -0.3 is 4.90 Å². The highest BCUT2D eigenvalue weighted by Gasteiger charge is 2.36. The summed E-state index contributed by atoms with van der Waals surface area (Å²) in [5, 5.41) is 5.02. The van der Waals surface area contributed by atoms with Gasteiger partial charge in [-0.25, -0.2) is 0 Å².